The molecule has 0 aliphatic heterocycles. The molecule has 2 heterocycles. The van der Waals surface area contributed by atoms with E-state index in [1.807, 2.05) is 26.8 Å². The van der Waals surface area contributed by atoms with Gasteiger partial charge in [0.15, 0.2) is 10.7 Å². The van der Waals surface area contributed by atoms with Gasteiger partial charge in [0.2, 0.25) is 9.84 Å². The molecule has 3 rings (SSSR count). The van der Waals surface area contributed by atoms with Gasteiger partial charge in [-0.25, -0.2) is 22.9 Å². The van der Waals surface area contributed by atoms with Crippen molar-refractivity contribution in [1.29, 1.82) is 5.26 Å². The average Bonchev–Trinajstić information content (AvgIpc) is 3.17. The minimum atomic E-state index is -3.99. The predicted octanol–water partition coefficient (Wildman–Crippen LogP) is 3.20. The van der Waals surface area contributed by atoms with Crippen molar-refractivity contribution >= 4 is 15.9 Å². The summed E-state index contributed by atoms with van der Waals surface area (Å²) in [4.78, 5) is 15.4. The lowest BCUT2D eigenvalue weighted by atomic mass is 9.84. The highest BCUT2D eigenvalue weighted by molar-refractivity contribution is 7.91. The first kappa shape index (κ1) is 23.0. The molecule has 0 bridgehead atoms. The van der Waals surface area contributed by atoms with Gasteiger partial charge in [-0.3, -0.25) is 0 Å². The van der Waals surface area contributed by atoms with Gasteiger partial charge in [-0.2, -0.15) is 10.4 Å². The summed E-state index contributed by atoms with van der Waals surface area (Å²) < 4.78 is 28.0. The maximum atomic E-state index is 13.4. The van der Waals surface area contributed by atoms with Crippen LogP contribution < -0.4 is 5.32 Å². The second kappa shape index (κ2) is 8.80. The van der Waals surface area contributed by atoms with E-state index in [1.54, 1.807) is 30.3 Å². The van der Waals surface area contributed by atoms with Crippen LogP contribution in [-0.2, 0) is 16.3 Å². The lowest BCUT2D eigenvalue weighted by Gasteiger charge is -2.29. The van der Waals surface area contributed by atoms with Crippen molar-refractivity contribution in [3.8, 4) is 11.8 Å². The number of rotatable bonds is 6. The number of amides is 1. The summed E-state index contributed by atoms with van der Waals surface area (Å²) in [6, 6.07) is 13.9. The standard InChI is InChI=1S/C22H23N5O4S/c1-22(2,3)19(25-21(28)29)12-15-13-20(32(30,31)16-8-5-4-6-9-16)27(26-15)18-10-7-11-24-17(18)14-23/h4-11,13,19,25H,12H2,1-3H3,(H,28,29). The van der Waals surface area contributed by atoms with Crippen molar-refractivity contribution in [2.45, 2.75) is 43.2 Å². The first-order valence-corrected chi connectivity index (χ1v) is 11.3. The molecule has 0 saturated carbocycles. The summed E-state index contributed by atoms with van der Waals surface area (Å²) in [6.07, 6.45) is 0.410. The third-order valence-corrected chi connectivity index (χ3v) is 6.67. The molecule has 32 heavy (non-hydrogen) atoms. The third-order valence-electron chi connectivity index (χ3n) is 4.93. The molecule has 0 aliphatic rings. The maximum Gasteiger partial charge on any atom is 0.404 e. The van der Waals surface area contributed by atoms with E-state index < -0.39 is 27.4 Å². The van der Waals surface area contributed by atoms with Crippen LogP contribution in [0.5, 0.6) is 0 Å². The van der Waals surface area contributed by atoms with Crippen molar-refractivity contribution in [3.05, 3.63) is 66.1 Å². The Balaban J connectivity index is 2.19. The number of sulfone groups is 1. The molecule has 1 unspecified atom stereocenters. The van der Waals surface area contributed by atoms with Crippen LogP contribution in [-0.4, -0.2) is 40.4 Å². The van der Waals surface area contributed by atoms with Crippen molar-refractivity contribution in [2.24, 2.45) is 5.41 Å². The molecule has 1 atom stereocenters. The fraction of sp³-hybridized carbons (Fsp3) is 0.273. The summed E-state index contributed by atoms with van der Waals surface area (Å²) in [6.45, 7) is 5.63. The van der Waals surface area contributed by atoms with Crippen LogP contribution in [0.25, 0.3) is 5.69 Å². The van der Waals surface area contributed by atoms with Crippen molar-refractivity contribution in [1.82, 2.24) is 20.1 Å². The Morgan fingerprint density at radius 2 is 1.91 bits per heavy atom. The van der Waals surface area contributed by atoms with Crippen LogP contribution in [0.1, 0.15) is 32.2 Å². The lowest BCUT2D eigenvalue weighted by molar-refractivity contribution is 0.174. The van der Waals surface area contributed by atoms with Gasteiger partial charge in [0.05, 0.1) is 10.6 Å². The van der Waals surface area contributed by atoms with Gasteiger partial charge >= 0.3 is 6.09 Å². The van der Waals surface area contributed by atoms with E-state index >= 15 is 0 Å². The zero-order chi connectivity index (χ0) is 23.5. The number of nitrogens with zero attached hydrogens (tertiary/aromatic N) is 4. The quantitative estimate of drug-likeness (QED) is 0.584. The molecule has 2 aromatic heterocycles. The smallest absolute Gasteiger partial charge is 0.404 e. The topological polar surface area (TPSA) is 138 Å². The molecule has 0 radical (unpaired) electrons. The molecule has 0 saturated heterocycles. The number of aromatic nitrogens is 3. The van der Waals surface area contributed by atoms with Crippen LogP contribution in [0.2, 0.25) is 0 Å². The Morgan fingerprint density at radius 1 is 1.22 bits per heavy atom. The predicted molar refractivity (Wildman–Crippen MR) is 116 cm³/mol. The highest BCUT2D eigenvalue weighted by Crippen LogP contribution is 2.28. The number of pyridine rings is 1. The van der Waals surface area contributed by atoms with Crippen LogP contribution in [0.3, 0.4) is 0 Å². The van der Waals surface area contributed by atoms with Crippen LogP contribution in [0, 0.1) is 16.7 Å². The molecule has 166 valence electrons. The molecule has 1 aromatic carbocycles. The molecule has 1 amide bonds. The Morgan fingerprint density at radius 3 is 2.50 bits per heavy atom. The van der Waals surface area contributed by atoms with E-state index in [0.717, 1.165) is 0 Å². The van der Waals surface area contributed by atoms with Gasteiger partial charge in [0.25, 0.3) is 0 Å². The minimum Gasteiger partial charge on any atom is -0.465 e. The van der Waals surface area contributed by atoms with Crippen LogP contribution >= 0.6 is 0 Å². The van der Waals surface area contributed by atoms with Gasteiger partial charge in [0, 0.05) is 18.7 Å². The van der Waals surface area contributed by atoms with E-state index in [4.69, 9.17) is 0 Å². The summed E-state index contributed by atoms with van der Waals surface area (Å²) in [5.74, 6) is 0. The normalized spacial score (nSPS) is 12.7. The highest BCUT2D eigenvalue weighted by Gasteiger charge is 2.30. The molecular weight excluding hydrogens is 430 g/mol. The van der Waals surface area contributed by atoms with Gasteiger partial charge in [-0.1, -0.05) is 39.0 Å². The van der Waals surface area contributed by atoms with Gasteiger partial charge in [-0.15, -0.1) is 0 Å². The Labute approximate surface area is 186 Å². The second-order valence-electron chi connectivity index (χ2n) is 8.26. The fourth-order valence-electron chi connectivity index (χ4n) is 3.18. The van der Waals surface area contributed by atoms with E-state index in [1.165, 1.54) is 29.1 Å². The molecular formula is C22H23N5O4S. The molecule has 0 spiro atoms. The average molecular weight is 454 g/mol. The Hall–Kier alpha value is -3.71. The first-order valence-electron chi connectivity index (χ1n) is 9.78. The molecule has 3 aromatic rings. The first-order chi connectivity index (χ1) is 15.0. The molecule has 10 heteroatoms. The fourth-order valence-corrected chi connectivity index (χ4v) is 4.60. The van der Waals surface area contributed by atoms with Gasteiger partial charge in [0.1, 0.15) is 11.8 Å². The number of carbonyl (C=O) groups is 1. The maximum absolute atomic E-state index is 13.4. The largest absolute Gasteiger partial charge is 0.465 e. The monoisotopic (exact) mass is 453 g/mol. The van der Waals surface area contributed by atoms with Gasteiger partial charge in [-0.05, 0) is 35.7 Å². The van der Waals surface area contributed by atoms with Crippen LogP contribution in [0.4, 0.5) is 4.79 Å². The van der Waals surface area contributed by atoms with E-state index in [2.05, 4.69) is 15.4 Å². The van der Waals surface area contributed by atoms with Crippen molar-refractivity contribution < 1.29 is 18.3 Å². The number of nitriles is 1. The summed E-state index contributed by atoms with van der Waals surface area (Å²) in [5.41, 5.74) is 0.144. The van der Waals surface area contributed by atoms with E-state index in [9.17, 15) is 23.6 Å². The molecule has 9 nitrogen and oxygen atoms in total. The summed E-state index contributed by atoms with van der Waals surface area (Å²) >= 11 is 0. The molecule has 0 aliphatic carbocycles. The zero-order valence-corrected chi connectivity index (χ0v) is 18.7. The van der Waals surface area contributed by atoms with E-state index in [0.29, 0.717) is 5.69 Å². The van der Waals surface area contributed by atoms with Crippen molar-refractivity contribution in [2.75, 3.05) is 0 Å². The number of carboxylic acid groups (broad SMARTS) is 1. The SMILES string of the molecule is CC(C)(C)C(Cc1cc(S(=O)(=O)c2ccccc2)n(-c2cccnc2C#N)n1)NC(=O)O. The summed E-state index contributed by atoms with van der Waals surface area (Å²) in [5, 5.41) is 25.5. The zero-order valence-electron chi connectivity index (χ0n) is 17.8. The molecule has 0 fully saturated rings. The summed E-state index contributed by atoms with van der Waals surface area (Å²) in [7, 11) is -3.99. The number of hydrogen-bond donors (Lipinski definition) is 2. The number of hydrogen-bond acceptors (Lipinski definition) is 6. The number of benzene rings is 1. The lowest BCUT2D eigenvalue weighted by Crippen LogP contribution is -2.44. The van der Waals surface area contributed by atoms with Gasteiger partial charge < -0.3 is 10.4 Å². The van der Waals surface area contributed by atoms with Crippen LogP contribution in [0.15, 0.2) is 64.6 Å². The highest BCUT2D eigenvalue weighted by atomic mass is 32.2. The molecule has 2 N–H and O–H groups in total. The number of nitrogens with one attached hydrogen (secondary N) is 1. The van der Waals surface area contributed by atoms with Crippen molar-refractivity contribution in [3.63, 3.8) is 0 Å². The Bertz CT molecular complexity index is 1270. The minimum absolute atomic E-state index is 0.0164. The van der Waals surface area contributed by atoms with E-state index in [-0.39, 0.29) is 27.7 Å². The third kappa shape index (κ3) is 4.78. The second-order valence-corrected chi connectivity index (χ2v) is 10.2. The Kier molecular flexibility index (Phi) is 6.32.